The second kappa shape index (κ2) is 15.7. The monoisotopic (exact) mass is 671 g/mol. The number of nitrogens with zero attached hydrogens (tertiary/aromatic N) is 3. The Balaban J connectivity index is 0.00000576. The van der Waals surface area contributed by atoms with Crippen LogP contribution in [0.5, 0.6) is 5.75 Å². The Morgan fingerprint density at radius 3 is 2.09 bits per heavy atom. The third-order valence-corrected chi connectivity index (χ3v) is 7.86. The van der Waals surface area contributed by atoms with E-state index in [0.717, 1.165) is 11.3 Å². The van der Waals surface area contributed by atoms with Crippen molar-refractivity contribution in [3.63, 3.8) is 0 Å². The van der Waals surface area contributed by atoms with Crippen molar-refractivity contribution in [2.45, 2.75) is 44.2 Å². The SMILES string of the molecule is COc1ccccc1CN(C)CCCC(=O)N1CCC(c2ccccc2)N(C(=O)c2cc(C(F)(F)F)cc(C(F)(F)F)c2)CC1.Cl. The summed E-state index contributed by atoms with van der Waals surface area (Å²) >= 11 is 0. The van der Waals surface area contributed by atoms with E-state index in [4.69, 9.17) is 4.74 Å². The molecule has 0 aromatic heterocycles. The summed E-state index contributed by atoms with van der Waals surface area (Å²) in [6.07, 6.45) is -9.10. The van der Waals surface area contributed by atoms with Crippen molar-refractivity contribution in [2.75, 3.05) is 40.3 Å². The first-order valence-electron chi connectivity index (χ1n) is 14.5. The van der Waals surface area contributed by atoms with Gasteiger partial charge in [-0.25, -0.2) is 0 Å². The molecule has 13 heteroatoms. The van der Waals surface area contributed by atoms with Crippen molar-refractivity contribution in [3.05, 3.63) is 101 Å². The highest BCUT2D eigenvalue weighted by atomic mass is 35.5. The van der Waals surface area contributed by atoms with E-state index >= 15 is 0 Å². The van der Waals surface area contributed by atoms with Gasteiger partial charge in [-0.05, 0) is 56.3 Å². The molecule has 1 fully saturated rings. The smallest absolute Gasteiger partial charge is 0.416 e. The number of carbonyl (C=O) groups excluding carboxylic acids is 2. The summed E-state index contributed by atoms with van der Waals surface area (Å²) in [5.74, 6) is -0.329. The van der Waals surface area contributed by atoms with E-state index in [1.165, 1.54) is 4.90 Å². The molecule has 0 aliphatic carbocycles. The van der Waals surface area contributed by atoms with E-state index in [2.05, 4.69) is 4.90 Å². The van der Waals surface area contributed by atoms with Crippen LogP contribution in [0.2, 0.25) is 0 Å². The third-order valence-electron chi connectivity index (χ3n) is 7.86. The predicted octanol–water partition coefficient (Wildman–Crippen LogP) is 7.48. The highest BCUT2D eigenvalue weighted by molar-refractivity contribution is 5.95. The van der Waals surface area contributed by atoms with E-state index in [-0.39, 0.29) is 56.9 Å². The fourth-order valence-electron chi connectivity index (χ4n) is 5.55. The van der Waals surface area contributed by atoms with Crippen molar-refractivity contribution < 1.29 is 40.7 Å². The first kappa shape index (κ1) is 36.7. The molecule has 46 heavy (non-hydrogen) atoms. The van der Waals surface area contributed by atoms with E-state index in [1.54, 1.807) is 42.3 Å². The molecule has 0 spiro atoms. The molecule has 2 amide bonds. The van der Waals surface area contributed by atoms with E-state index in [0.29, 0.717) is 37.2 Å². The number of rotatable bonds is 9. The van der Waals surface area contributed by atoms with Crippen LogP contribution in [0.1, 0.15) is 57.9 Å². The lowest BCUT2D eigenvalue weighted by molar-refractivity contribution is -0.143. The van der Waals surface area contributed by atoms with Gasteiger partial charge in [-0.3, -0.25) is 9.59 Å². The molecule has 6 nitrogen and oxygen atoms in total. The molecule has 4 rings (SSSR count). The van der Waals surface area contributed by atoms with Gasteiger partial charge < -0.3 is 19.4 Å². The molecule has 1 unspecified atom stereocenters. The topological polar surface area (TPSA) is 53.1 Å². The Bertz CT molecular complexity index is 1440. The van der Waals surface area contributed by atoms with Crippen molar-refractivity contribution in [3.8, 4) is 5.75 Å². The van der Waals surface area contributed by atoms with Crippen LogP contribution in [0.4, 0.5) is 26.3 Å². The predicted molar refractivity (Wildman–Crippen MR) is 164 cm³/mol. The van der Waals surface area contributed by atoms with Crippen molar-refractivity contribution >= 4 is 24.2 Å². The number of hydrogen-bond acceptors (Lipinski definition) is 4. The minimum Gasteiger partial charge on any atom is -0.496 e. The van der Waals surface area contributed by atoms with Crippen LogP contribution in [0, 0.1) is 0 Å². The van der Waals surface area contributed by atoms with Crippen LogP contribution in [-0.4, -0.2) is 66.9 Å². The fraction of sp³-hybridized carbons (Fsp3) is 0.394. The summed E-state index contributed by atoms with van der Waals surface area (Å²) in [5, 5.41) is 0. The van der Waals surface area contributed by atoms with Gasteiger partial charge in [0.1, 0.15) is 5.75 Å². The molecule has 1 aliphatic rings. The molecular weight excluding hydrogens is 636 g/mol. The minimum atomic E-state index is -5.08. The maximum absolute atomic E-state index is 13.7. The summed E-state index contributed by atoms with van der Waals surface area (Å²) in [6.45, 7) is 1.57. The normalized spacial score (nSPS) is 15.7. The Morgan fingerprint density at radius 2 is 1.48 bits per heavy atom. The van der Waals surface area contributed by atoms with Gasteiger partial charge in [0.2, 0.25) is 5.91 Å². The average molecular weight is 672 g/mol. The summed E-state index contributed by atoms with van der Waals surface area (Å²) in [6, 6.07) is 16.6. The molecule has 0 bridgehead atoms. The quantitative estimate of drug-likeness (QED) is 0.222. The van der Waals surface area contributed by atoms with Crippen molar-refractivity contribution in [1.82, 2.24) is 14.7 Å². The summed E-state index contributed by atoms with van der Waals surface area (Å²) in [4.78, 5) is 31.9. The van der Waals surface area contributed by atoms with E-state index in [9.17, 15) is 35.9 Å². The molecule has 0 saturated carbocycles. The number of amides is 2. The molecule has 1 aliphatic heterocycles. The number of methoxy groups -OCH3 is 1. The lowest BCUT2D eigenvalue weighted by Gasteiger charge is -2.30. The Labute approximate surface area is 270 Å². The fourth-order valence-corrected chi connectivity index (χ4v) is 5.55. The number of benzene rings is 3. The summed E-state index contributed by atoms with van der Waals surface area (Å²) < 4.78 is 86.6. The zero-order valence-corrected chi connectivity index (χ0v) is 26.2. The van der Waals surface area contributed by atoms with Gasteiger partial charge in [-0.1, -0.05) is 48.5 Å². The molecule has 1 heterocycles. The Kier molecular flexibility index (Phi) is 12.5. The molecular formula is C33H36ClF6N3O3. The number of hydrogen-bond donors (Lipinski definition) is 0. The highest BCUT2D eigenvalue weighted by Crippen LogP contribution is 2.37. The van der Waals surface area contributed by atoms with Crippen LogP contribution < -0.4 is 4.74 Å². The maximum atomic E-state index is 13.7. The number of carbonyl (C=O) groups is 2. The highest BCUT2D eigenvalue weighted by Gasteiger charge is 2.39. The lowest BCUT2D eigenvalue weighted by atomic mass is 9.99. The van der Waals surface area contributed by atoms with Crippen LogP contribution in [0.25, 0.3) is 0 Å². The molecule has 1 saturated heterocycles. The Hall–Kier alpha value is -3.77. The van der Waals surface area contributed by atoms with Crippen LogP contribution >= 0.6 is 12.4 Å². The van der Waals surface area contributed by atoms with Gasteiger partial charge in [0, 0.05) is 43.7 Å². The van der Waals surface area contributed by atoms with Gasteiger partial charge >= 0.3 is 12.4 Å². The van der Waals surface area contributed by atoms with Gasteiger partial charge in [0.15, 0.2) is 0 Å². The van der Waals surface area contributed by atoms with Gasteiger partial charge in [-0.2, -0.15) is 26.3 Å². The molecule has 250 valence electrons. The first-order chi connectivity index (χ1) is 21.3. The second-order valence-electron chi connectivity index (χ2n) is 11.0. The number of para-hydroxylation sites is 1. The van der Waals surface area contributed by atoms with Crippen LogP contribution in [0.15, 0.2) is 72.8 Å². The number of alkyl halides is 6. The molecule has 1 atom stereocenters. The van der Waals surface area contributed by atoms with Crippen LogP contribution in [0.3, 0.4) is 0 Å². The van der Waals surface area contributed by atoms with Crippen molar-refractivity contribution in [2.24, 2.45) is 0 Å². The van der Waals surface area contributed by atoms with Crippen molar-refractivity contribution in [1.29, 1.82) is 0 Å². The maximum Gasteiger partial charge on any atom is 0.416 e. The molecule has 0 radical (unpaired) electrons. The van der Waals surface area contributed by atoms with Gasteiger partial charge in [-0.15, -0.1) is 12.4 Å². The number of ether oxygens (including phenoxy) is 1. The zero-order chi connectivity index (χ0) is 32.8. The minimum absolute atomic E-state index is 0. The van der Waals surface area contributed by atoms with E-state index in [1.807, 2.05) is 31.3 Å². The molecule has 3 aromatic carbocycles. The Morgan fingerprint density at radius 1 is 0.870 bits per heavy atom. The third kappa shape index (κ3) is 9.38. The second-order valence-corrected chi connectivity index (χ2v) is 11.0. The van der Waals surface area contributed by atoms with E-state index < -0.39 is 41.0 Å². The standard InChI is InChI=1S/C33H35F6N3O3.ClH/c1-40(22-24-11-6-7-12-29(24)45-2)15-8-13-30(43)41-16-14-28(23-9-4-3-5-10-23)42(18-17-41)31(44)25-19-26(32(34,35)36)21-27(20-25)33(37,38)39;/h3-7,9-12,19-21,28H,8,13-18,22H2,1-2H3;1H. The summed E-state index contributed by atoms with van der Waals surface area (Å²) in [7, 11) is 3.55. The molecule has 3 aromatic rings. The first-order valence-corrected chi connectivity index (χ1v) is 14.5. The average Bonchev–Trinajstić information content (AvgIpc) is 3.23. The van der Waals surface area contributed by atoms with Crippen LogP contribution in [-0.2, 0) is 23.7 Å². The largest absolute Gasteiger partial charge is 0.496 e. The van der Waals surface area contributed by atoms with Gasteiger partial charge in [0.25, 0.3) is 5.91 Å². The molecule has 0 N–H and O–H groups in total. The zero-order valence-electron chi connectivity index (χ0n) is 25.4. The lowest BCUT2D eigenvalue weighted by Crippen LogP contribution is -2.38. The number of halogens is 7. The van der Waals surface area contributed by atoms with Gasteiger partial charge in [0.05, 0.1) is 24.3 Å². The summed E-state index contributed by atoms with van der Waals surface area (Å²) in [5.41, 5.74) is -2.14.